The summed E-state index contributed by atoms with van der Waals surface area (Å²) < 4.78 is 75.4. The van der Waals surface area contributed by atoms with Gasteiger partial charge in [-0.05, 0) is 43.2 Å². The van der Waals surface area contributed by atoms with Gasteiger partial charge in [-0.2, -0.15) is 18.4 Å². The predicted molar refractivity (Wildman–Crippen MR) is 93.6 cm³/mol. The lowest BCUT2D eigenvalue weighted by Gasteiger charge is -2.23. The van der Waals surface area contributed by atoms with Crippen LogP contribution in [-0.4, -0.2) is 23.2 Å². The van der Waals surface area contributed by atoms with E-state index in [0.717, 1.165) is 19.1 Å². The van der Waals surface area contributed by atoms with Crippen LogP contribution in [0.4, 0.5) is 24.5 Å². The van der Waals surface area contributed by atoms with Crippen LogP contribution in [0.15, 0.2) is 42.4 Å². The zero-order valence-corrected chi connectivity index (χ0v) is 14.2. The minimum absolute atomic E-state index is 0.349. The first-order valence-electron chi connectivity index (χ1n) is 9.50. The number of amides is 1. The fourth-order valence-electron chi connectivity index (χ4n) is 1.91. The molecule has 0 saturated heterocycles. The number of carbonyl (C=O) groups is 1. The van der Waals surface area contributed by atoms with Gasteiger partial charge >= 0.3 is 6.18 Å². The molecule has 9 heteroatoms. The van der Waals surface area contributed by atoms with Gasteiger partial charge in [-0.3, -0.25) is 4.79 Å². The van der Waals surface area contributed by atoms with Crippen LogP contribution in [0, 0.1) is 17.9 Å². The first-order chi connectivity index (χ1) is 14.7. The molecular weight excluding hydrogens is 375 g/mol. The Hall–Kier alpha value is -3.56. The van der Waals surface area contributed by atoms with E-state index in [4.69, 9.17) is 22.1 Å². The van der Waals surface area contributed by atoms with Crippen molar-refractivity contribution >= 4 is 17.3 Å². The summed E-state index contributed by atoms with van der Waals surface area (Å²) in [5.74, 6) is -1.81. The molecule has 0 spiro atoms. The summed E-state index contributed by atoms with van der Waals surface area (Å²) in [6.45, 7) is 6.89. The molecule has 0 heterocycles. The minimum atomic E-state index is -4.85. The van der Waals surface area contributed by atoms with Gasteiger partial charge in [-0.1, -0.05) is 6.07 Å². The van der Waals surface area contributed by atoms with E-state index in [9.17, 15) is 23.1 Å². The number of ether oxygens (including phenoxy) is 1. The highest BCUT2D eigenvalue weighted by atomic mass is 19.4. The fourth-order valence-corrected chi connectivity index (χ4v) is 1.91. The van der Waals surface area contributed by atoms with Gasteiger partial charge in [-0.15, -0.1) is 0 Å². The van der Waals surface area contributed by atoms with Crippen LogP contribution in [0.1, 0.15) is 23.5 Å². The van der Waals surface area contributed by atoms with E-state index in [1.807, 2.05) is 0 Å². The molecule has 144 valence electrons. The standard InChI is InChI=1S/C19H14F3N3O3/c1-18(27,11-28-14-6-3-12(10-23)4-7-14)17(26)25-13-5-8-16(24-2)15(9-13)19(20,21)22/h3-9,27H,11H2,1H3,(H,25,26)/t18-/m0/s1/i3D,4D,6D,7D. The first kappa shape index (κ1) is 15.5. The number of aliphatic hydroxyl groups is 1. The summed E-state index contributed by atoms with van der Waals surface area (Å²) in [7, 11) is 0. The number of nitrogens with one attached hydrogen (secondary N) is 1. The highest BCUT2D eigenvalue weighted by Crippen LogP contribution is 2.38. The summed E-state index contributed by atoms with van der Waals surface area (Å²) in [4.78, 5) is 15.2. The SMILES string of the molecule is [2H]c1c([2H])c(OC[C@](C)(O)C(=O)Nc2ccc([N+]#[C-])c(C(F)(F)F)c2)c([2H])c([2H])c1C#N. The van der Waals surface area contributed by atoms with E-state index in [0.29, 0.717) is 6.07 Å². The van der Waals surface area contributed by atoms with Crippen LogP contribution < -0.4 is 10.1 Å². The second-order valence-electron chi connectivity index (χ2n) is 5.67. The van der Waals surface area contributed by atoms with Gasteiger partial charge in [0, 0.05) is 5.69 Å². The van der Waals surface area contributed by atoms with E-state index in [1.165, 1.54) is 6.07 Å². The second kappa shape index (κ2) is 7.99. The molecule has 28 heavy (non-hydrogen) atoms. The fraction of sp³-hybridized carbons (Fsp3) is 0.211. The molecule has 2 aromatic rings. The average molecular weight is 393 g/mol. The number of anilines is 1. The van der Waals surface area contributed by atoms with Crippen LogP contribution in [0.25, 0.3) is 4.85 Å². The summed E-state index contributed by atoms with van der Waals surface area (Å²) >= 11 is 0. The number of hydrogen-bond acceptors (Lipinski definition) is 4. The van der Waals surface area contributed by atoms with Gasteiger partial charge in [0.15, 0.2) is 11.3 Å². The summed E-state index contributed by atoms with van der Waals surface area (Å²) in [5, 5.41) is 21.4. The van der Waals surface area contributed by atoms with Crippen molar-refractivity contribution in [2.24, 2.45) is 0 Å². The maximum Gasteiger partial charge on any atom is 0.407 e. The normalized spacial score (nSPS) is 15.0. The lowest BCUT2D eigenvalue weighted by Crippen LogP contribution is -2.45. The maximum absolute atomic E-state index is 13.1. The Morgan fingerprint density at radius 2 is 2.04 bits per heavy atom. The minimum Gasteiger partial charge on any atom is -0.490 e. The van der Waals surface area contributed by atoms with Gasteiger partial charge in [0.25, 0.3) is 5.91 Å². The van der Waals surface area contributed by atoms with Crippen molar-refractivity contribution in [1.29, 1.82) is 5.26 Å². The number of carbonyl (C=O) groups excluding carboxylic acids is 1. The van der Waals surface area contributed by atoms with E-state index in [1.54, 1.807) is 0 Å². The number of nitriles is 1. The largest absolute Gasteiger partial charge is 0.490 e. The lowest BCUT2D eigenvalue weighted by molar-refractivity contribution is -0.137. The third-order valence-corrected chi connectivity index (χ3v) is 3.38. The second-order valence-corrected chi connectivity index (χ2v) is 5.67. The molecular formula is C19H14F3N3O3. The lowest BCUT2D eigenvalue weighted by atomic mass is 10.1. The number of rotatable bonds is 5. The number of benzene rings is 2. The molecule has 6 nitrogen and oxygen atoms in total. The first-order valence-corrected chi connectivity index (χ1v) is 7.50. The van der Waals surface area contributed by atoms with Crippen molar-refractivity contribution in [3.63, 3.8) is 0 Å². The number of halogens is 3. The van der Waals surface area contributed by atoms with Gasteiger partial charge in [0.2, 0.25) is 0 Å². The summed E-state index contributed by atoms with van der Waals surface area (Å²) in [5.41, 5.74) is -5.18. The van der Waals surface area contributed by atoms with Crippen LogP contribution in [0.5, 0.6) is 5.75 Å². The maximum atomic E-state index is 13.1. The predicted octanol–water partition coefficient (Wildman–Crippen LogP) is 3.90. The Morgan fingerprint density at radius 3 is 2.57 bits per heavy atom. The van der Waals surface area contributed by atoms with E-state index >= 15 is 0 Å². The molecule has 0 aliphatic heterocycles. The number of nitrogens with zero attached hydrogens (tertiary/aromatic N) is 2. The third kappa shape index (κ3) is 5.00. The quantitative estimate of drug-likeness (QED) is 0.755. The molecule has 1 amide bonds. The van der Waals surface area contributed by atoms with Crippen LogP contribution >= 0.6 is 0 Å². The van der Waals surface area contributed by atoms with Crippen molar-refractivity contribution in [1.82, 2.24) is 0 Å². The Morgan fingerprint density at radius 1 is 1.39 bits per heavy atom. The molecule has 0 unspecified atom stereocenters. The Labute approximate surface area is 164 Å². The van der Waals surface area contributed by atoms with E-state index in [-0.39, 0.29) is 5.69 Å². The molecule has 0 radical (unpaired) electrons. The number of hydrogen-bond donors (Lipinski definition) is 2. The molecule has 2 N–H and O–H groups in total. The Kier molecular flexibility index (Phi) is 4.42. The molecule has 0 aromatic heterocycles. The monoisotopic (exact) mass is 393 g/mol. The summed E-state index contributed by atoms with van der Waals surface area (Å²) in [6.07, 6.45) is -4.85. The topological polar surface area (TPSA) is 86.7 Å². The van der Waals surface area contributed by atoms with Crippen molar-refractivity contribution in [3.8, 4) is 11.8 Å². The van der Waals surface area contributed by atoms with Crippen LogP contribution in [-0.2, 0) is 11.0 Å². The average Bonchev–Trinajstić information content (AvgIpc) is 2.72. The molecule has 1 atom stereocenters. The van der Waals surface area contributed by atoms with E-state index in [2.05, 4.69) is 10.2 Å². The molecule has 0 saturated carbocycles. The van der Waals surface area contributed by atoms with Gasteiger partial charge in [0.1, 0.15) is 12.4 Å². The van der Waals surface area contributed by atoms with Crippen molar-refractivity contribution in [2.45, 2.75) is 18.7 Å². The highest BCUT2D eigenvalue weighted by Gasteiger charge is 2.35. The third-order valence-electron chi connectivity index (χ3n) is 3.38. The Balaban J connectivity index is 2.25. The number of alkyl halides is 3. The van der Waals surface area contributed by atoms with Crippen LogP contribution in [0.2, 0.25) is 0 Å². The van der Waals surface area contributed by atoms with E-state index < -0.39 is 71.0 Å². The highest BCUT2D eigenvalue weighted by molar-refractivity contribution is 5.97. The molecule has 0 aliphatic rings. The Bertz CT molecular complexity index is 1140. The molecule has 2 aromatic carbocycles. The van der Waals surface area contributed by atoms with Crippen molar-refractivity contribution in [3.05, 3.63) is 64.9 Å². The van der Waals surface area contributed by atoms with Crippen molar-refractivity contribution < 1.29 is 33.3 Å². The summed E-state index contributed by atoms with van der Waals surface area (Å²) in [6, 6.07) is 1.21. The molecule has 0 bridgehead atoms. The van der Waals surface area contributed by atoms with Gasteiger partial charge in [0.05, 0.1) is 29.3 Å². The zero-order valence-electron chi connectivity index (χ0n) is 18.2. The molecule has 0 aliphatic carbocycles. The van der Waals surface area contributed by atoms with Gasteiger partial charge in [-0.25, -0.2) is 4.85 Å². The smallest absolute Gasteiger partial charge is 0.407 e. The zero-order chi connectivity index (χ0) is 24.4. The van der Waals surface area contributed by atoms with Gasteiger partial charge < -0.3 is 15.2 Å². The van der Waals surface area contributed by atoms with Crippen molar-refractivity contribution in [2.75, 3.05) is 11.9 Å². The molecule has 2 rings (SSSR count). The molecule has 0 fully saturated rings. The van der Waals surface area contributed by atoms with Crippen LogP contribution in [0.3, 0.4) is 0 Å².